The molecule has 0 aliphatic heterocycles. The van der Waals surface area contributed by atoms with E-state index in [4.69, 9.17) is 9.47 Å². The summed E-state index contributed by atoms with van der Waals surface area (Å²) in [6.45, 7) is 1.56. The summed E-state index contributed by atoms with van der Waals surface area (Å²) in [5.74, 6) is -0.0994. The Labute approximate surface area is 163 Å². The van der Waals surface area contributed by atoms with Crippen LogP contribution in [0.5, 0.6) is 5.75 Å². The Balaban J connectivity index is 1.69. The predicted octanol–water partition coefficient (Wildman–Crippen LogP) is 1.94. The lowest BCUT2D eigenvalue weighted by Gasteiger charge is -2.09. The van der Waals surface area contributed by atoms with E-state index >= 15 is 0 Å². The van der Waals surface area contributed by atoms with Gasteiger partial charge in [-0.25, -0.2) is 13.1 Å². The molecule has 0 saturated heterocycles. The first-order chi connectivity index (χ1) is 13.4. The van der Waals surface area contributed by atoms with Crippen LogP contribution in [0.25, 0.3) is 0 Å². The maximum atomic E-state index is 12.2. The topological polar surface area (TPSA) is 111 Å². The maximum absolute atomic E-state index is 12.2. The summed E-state index contributed by atoms with van der Waals surface area (Å²) < 4.78 is 37.1. The van der Waals surface area contributed by atoms with Crippen LogP contribution in [-0.4, -0.2) is 40.1 Å². The van der Waals surface area contributed by atoms with Crippen molar-refractivity contribution in [3.8, 4) is 5.75 Å². The van der Waals surface area contributed by atoms with Crippen LogP contribution in [-0.2, 0) is 24.3 Å². The van der Waals surface area contributed by atoms with Crippen LogP contribution in [0.1, 0.15) is 13.3 Å². The molecule has 2 aromatic rings. The number of amides is 1. The number of carbonyl (C=O) groups excluding carboxylic acids is 2. The van der Waals surface area contributed by atoms with Gasteiger partial charge in [0.1, 0.15) is 19.0 Å². The van der Waals surface area contributed by atoms with E-state index in [0.717, 1.165) is 0 Å². The summed E-state index contributed by atoms with van der Waals surface area (Å²) >= 11 is 0. The smallest absolute Gasteiger partial charge is 0.307 e. The number of para-hydroxylation sites is 1. The second kappa shape index (κ2) is 10.4. The van der Waals surface area contributed by atoms with E-state index in [-0.39, 0.29) is 37.0 Å². The monoisotopic (exact) mass is 406 g/mol. The summed E-state index contributed by atoms with van der Waals surface area (Å²) in [6, 6.07) is 14.8. The third-order valence-electron chi connectivity index (χ3n) is 3.46. The van der Waals surface area contributed by atoms with Crippen LogP contribution in [0.4, 0.5) is 5.69 Å². The molecule has 0 aliphatic carbocycles. The van der Waals surface area contributed by atoms with Crippen molar-refractivity contribution in [2.24, 2.45) is 0 Å². The van der Waals surface area contributed by atoms with E-state index in [2.05, 4.69) is 10.0 Å². The Kier molecular flexibility index (Phi) is 7.97. The first kappa shape index (κ1) is 21.4. The Morgan fingerprint density at radius 2 is 1.64 bits per heavy atom. The summed E-state index contributed by atoms with van der Waals surface area (Å²) in [7, 11) is -3.76. The fourth-order valence-corrected chi connectivity index (χ4v) is 3.23. The molecule has 2 N–H and O–H groups in total. The lowest BCUT2D eigenvalue weighted by molar-refractivity contribution is -0.144. The molecule has 0 bridgehead atoms. The minimum Gasteiger partial charge on any atom is -0.490 e. The van der Waals surface area contributed by atoms with E-state index in [0.29, 0.717) is 11.4 Å². The Morgan fingerprint density at radius 1 is 0.964 bits per heavy atom. The van der Waals surface area contributed by atoms with Gasteiger partial charge in [0.05, 0.1) is 11.3 Å². The summed E-state index contributed by atoms with van der Waals surface area (Å²) in [6.07, 6.45) is -0.103. The lowest BCUT2D eigenvalue weighted by atomic mass is 10.3. The molecule has 0 radical (unpaired) electrons. The zero-order chi connectivity index (χ0) is 20.4. The van der Waals surface area contributed by atoms with E-state index in [1.807, 2.05) is 18.2 Å². The number of anilines is 1. The van der Waals surface area contributed by atoms with Gasteiger partial charge in [0.2, 0.25) is 15.9 Å². The number of hydrogen-bond donors (Lipinski definition) is 2. The van der Waals surface area contributed by atoms with Gasteiger partial charge in [-0.1, -0.05) is 18.2 Å². The molecule has 28 heavy (non-hydrogen) atoms. The Hall–Kier alpha value is -2.91. The van der Waals surface area contributed by atoms with Crippen LogP contribution in [0.3, 0.4) is 0 Å². The van der Waals surface area contributed by atoms with Crippen LogP contribution in [0.15, 0.2) is 59.5 Å². The average Bonchev–Trinajstić information content (AvgIpc) is 2.66. The minimum absolute atomic E-state index is 0.0335. The molecule has 0 aromatic heterocycles. The average molecular weight is 406 g/mol. The molecule has 0 aliphatic rings. The van der Waals surface area contributed by atoms with Crippen LogP contribution < -0.4 is 14.8 Å². The molecule has 1 amide bonds. The third-order valence-corrected chi connectivity index (χ3v) is 4.94. The molecule has 0 saturated carbocycles. The molecule has 9 heteroatoms. The Morgan fingerprint density at radius 3 is 2.29 bits per heavy atom. The van der Waals surface area contributed by atoms with E-state index in [1.54, 1.807) is 12.1 Å². The maximum Gasteiger partial charge on any atom is 0.307 e. The first-order valence-corrected chi connectivity index (χ1v) is 10.1. The number of esters is 1. The molecule has 0 fully saturated rings. The van der Waals surface area contributed by atoms with Crippen molar-refractivity contribution in [2.45, 2.75) is 18.2 Å². The van der Waals surface area contributed by atoms with Crippen molar-refractivity contribution in [1.82, 2.24) is 4.72 Å². The third kappa shape index (κ3) is 7.37. The van der Waals surface area contributed by atoms with Crippen LogP contribution in [0.2, 0.25) is 0 Å². The zero-order valence-electron chi connectivity index (χ0n) is 15.4. The Bertz CT molecular complexity index is 882. The number of carbonyl (C=O) groups is 2. The molecule has 2 aromatic carbocycles. The highest BCUT2D eigenvalue weighted by molar-refractivity contribution is 7.89. The van der Waals surface area contributed by atoms with E-state index in [1.165, 1.54) is 31.2 Å². The molecule has 150 valence electrons. The van der Waals surface area contributed by atoms with Gasteiger partial charge in [0.25, 0.3) is 0 Å². The van der Waals surface area contributed by atoms with Gasteiger partial charge in [0, 0.05) is 19.2 Å². The highest BCUT2D eigenvalue weighted by Gasteiger charge is 2.14. The molecular weight excluding hydrogens is 384 g/mol. The normalized spacial score (nSPS) is 10.9. The number of sulfonamides is 1. The van der Waals surface area contributed by atoms with Crippen molar-refractivity contribution < 1.29 is 27.5 Å². The van der Waals surface area contributed by atoms with Crippen molar-refractivity contribution in [2.75, 3.05) is 25.1 Å². The number of benzene rings is 2. The van der Waals surface area contributed by atoms with Crippen molar-refractivity contribution >= 4 is 27.6 Å². The van der Waals surface area contributed by atoms with Crippen molar-refractivity contribution in [1.29, 1.82) is 0 Å². The van der Waals surface area contributed by atoms with E-state index in [9.17, 15) is 18.0 Å². The van der Waals surface area contributed by atoms with Gasteiger partial charge in [-0.2, -0.15) is 0 Å². The fourth-order valence-electron chi connectivity index (χ4n) is 2.20. The van der Waals surface area contributed by atoms with Gasteiger partial charge in [0.15, 0.2) is 0 Å². The van der Waals surface area contributed by atoms with Crippen molar-refractivity contribution in [3.63, 3.8) is 0 Å². The quantitative estimate of drug-likeness (QED) is 0.461. The number of rotatable bonds is 10. The molecule has 0 atom stereocenters. The first-order valence-electron chi connectivity index (χ1n) is 8.57. The summed E-state index contributed by atoms with van der Waals surface area (Å²) in [5, 5.41) is 2.55. The number of nitrogens with one attached hydrogen (secondary N) is 2. The SMILES string of the molecule is CC(=O)Nc1ccc(S(=O)(=O)NCCC(=O)OCCOc2ccccc2)cc1. The van der Waals surface area contributed by atoms with E-state index < -0.39 is 16.0 Å². The molecule has 2 rings (SSSR count). The van der Waals surface area contributed by atoms with Gasteiger partial charge >= 0.3 is 5.97 Å². The minimum atomic E-state index is -3.76. The highest BCUT2D eigenvalue weighted by atomic mass is 32.2. The van der Waals surface area contributed by atoms with Gasteiger partial charge in [-0.3, -0.25) is 9.59 Å². The summed E-state index contributed by atoms with van der Waals surface area (Å²) in [5.41, 5.74) is 0.493. The molecule has 0 unspecified atom stereocenters. The van der Waals surface area contributed by atoms with Crippen LogP contribution in [0, 0.1) is 0 Å². The van der Waals surface area contributed by atoms with Crippen molar-refractivity contribution in [3.05, 3.63) is 54.6 Å². The summed E-state index contributed by atoms with van der Waals surface area (Å²) in [4.78, 5) is 22.7. The molecular formula is C19H22N2O6S. The molecule has 0 heterocycles. The fraction of sp³-hybridized carbons (Fsp3) is 0.263. The van der Waals surface area contributed by atoms with Crippen LogP contribution >= 0.6 is 0 Å². The zero-order valence-corrected chi connectivity index (χ0v) is 16.2. The van der Waals surface area contributed by atoms with Gasteiger partial charge < -0.3 is 14.8 Å². The standard InChI is InChI=1S/C19H22N2O6S/c1-15(22)21-16-7-9-18(10-8-16)28(24,25)20-12-11-19(23)27-14-13-26-17-5-3-2-4-6-17/h2-10,20H,11-14H2,1H3,(H,21,22). The molecule has 0 spiro atoms. The predicted molar refractivity (Wildman–Crippen MR) is 103 cm³/mol. The van der Waals surface area contributed by atoms with Gasteiger partial charge in [-0.05, 0) is 36.4 Å². The largest absolute Gasteiger partial charge is 0.490 e. The second-order valence-electron chi connectivity index (χ2n) is 5.74. The highest BCUT2D eigenvalue weighted by Crippen LogP contribution is 2.14. The lowest BCUT2D eigenvalue weighted by Crippen LogP contribution is -2.27. The van der Waals surface area contributed by atoms with Gasteiger partial charge in [-0.15, -0.1) is 0 Å². The molecule has 8 nitrogen and oxygen atoms in total. The number of hydrogen-bond acceptors (Lipinski definition) is 6. The second-order valence-corrected chi connectivity index (χ2v) is 7.50. The number of ether oxygens (including phenoxy) is 2.